The van der Waals surface area contributed by atoms with Crippen LogP contribution in [0, 0.1) is 0 Å². The van der Waals surface area contributed by atoms with Crippen LogP contribution in [0.5, 0.6) is 0 Å². The third-order valence-corrected chi connectivity index (χ3v) is 3.32. The Hall–Kier alpha value is -1.88. The SMILES string of the molecule is CCOC(=O)C1=C(C)NC(=O)/C1=C/c1cccs1. The first-order valence-corrected chi connectivity index (χ1v) is 6.46. The number of hydrogen-bond acceptors (Lipinski definition) is 4. The monoisotopic (exact) mass is 263 g/mol. The summed E-state index contributed by atoms with van der Waals surface area (Å²) >= 11 is 1.51. The van der Waals surface area contributed by atoms with Crippen molar-refractivity contribution in [3.63, 3.8) is 0 Å². The predicted octanol–water partition coefficient (Wildman–Crippen LogP) is 2.10. The van der Waals surface area contributed by atoms with Crippen LogP contribution in [0.4, 0.5) is 0 Å². The molecule has 1 aliphatic heterocycles. The van der Waals surface area contributed by atoms with Crippen molar-refractivity contribution in [2.45, 2.75) is 13.8 Å². The van der Waals surface area contributed by atoms with Crippen LogP contribution in [0.1, 0.15) is 18.7 Å². The van der Waals surface area contributed by atoms with E-state index in [1.165, 1.54) is 11.3 Å². The molecule has 2 rings (SSSR count). The molecular formula is C13H13NO3S. The number of thiophene rings is 1. The van der Waals surface area contributed by atoms with Gasteiger partial charge in [-0.15, -0.1) is 11.3 Å². The van der Waals surface area contributed by atoms with Crippen molar-refractivity contribution in [2.75, 3.05) is 6.61 Å². The van der Waals surface area contributed by atoms with Crippen LogP contribution < -0.4 is 5.32 Å². The number of rotatable bonds is 3. The standard InChI is InChI=1S/C13H13NO3S/c1-3-17-13(16)11-8(2)14-12(15)10(11)7-9-5-4-6-18-9/h4-7H,3H2,1-2H3,(H,14,15)/b10-7+. The van der Waals surface area contributed by atoms with Gasteiger partial charge in [-0.3, -0.25) is 4.79 Å². The third kappa shape index (κ3) is 2.36. The average Bonchev–Trinajstić information content (AvgIpc) is 2.89. The molecule has 1 aliphatic rings. The van der Waals surface area contributed by atoms with E-state index in [1.54, 1.807) is 19.9 Å². The van der Waals surface area contributed by atoms with Gasteiger partial charge in [-0.05, 0) is 31.4 Å². The smallest absolute Gasteiger partial charge is 0.340 e. The molecule has 0 fully saturated rings. The molecule has 0 atom stereocenters. The summed E-state index contributed by atoms with van der Waals surface area (Å²) in [5.74, 6) is -0.722. The number of hydrogen-bond donors (Lipinski definition) is 1. The van der Waals surface area contributed by atoms with Crippen molar-refractivity contribution < 1.29 is 14.3 Å². The van der Waals surface area contributed by atoms with E-state index in [0.717, 1.165) is 4.88 Å². The molecule has 4 nitrogen and oxygen atoms in total. The van der Waals surface area contributed by atoms with Gasteiger partial charge >= 0.3 is 5.97 Å². The lowest BCUT2D eigenvalue weighted by Gasteiger charge is -2.03. The van der Waals surface area contributed by atoms with Gasteiger partial charge in [0.25, 0.3) is 5.91 Å². The van der Waals surface area contributed by atoms with Gasteiger partial charge in [0.2, 0.25) is 0 Å². The molecule has 1 aromatic heterocycles. The Morgan fingerprint density at radius 2 is 2.33 bits per heavy atom. The number of carbonyl (C=O) groups excluding carboxylic acids is 2. The lowest BCUT2D eigenvalue weighted by atomic mass is 10.1. The molecule has 1 N–H and O–H groups in total. The van der Waals surface area contributed by atoms with Gasteiger partial charge in [0.1, 0.15) is 0 Å². The second-order valence-corrected chi connectivity index (χ2v) is 4.73. The first-order valence-electron chi connectivity index (χ1n) is 5.58. The summed E-state index contributed by atoms with van der Waals surface area (Å²) in [6, 6.07) is 3.78. The first kappa shape index (κ1) is 12.6. The number of amides is 1. The molecule has 0 aromatic carbocycles. The second-order valence-electron chi connectivity index (χ2n) is 3.75. The number of carbonyl (C=O) groups is 2. The third-order valence-electron chi connectivity index (χ3n) is 2.50. The molecule has 94 valence electrons. The Labute approximate surface area is 109 Å². The van der Waals surface area contributed by atoms with Gasteiger partial charge in [0.15, 0.2) is 0 Å². The summed E-state index contributed by atoms with van der Waals surface area (Å²) in [6.45, 7) is 3.72. The normalized spacial score (nSPS) is 17.2. The van der Waals surface area contributed by atoms with Crippen molar-refractivity contribution in [2.24, 2.45) is 0 Å². The Balaban J connectivity index is 2.38. The van der Waals surface area contributed by atoms with Gasteiger partial charge in [0, 0.05) is 10.6 Å². The maximum absolute atomic E-state index is 11.8. The van der Waals surface area contributed by atoms with Crippen molar-refractivity contribution >= 4 is 29.3 Å². The van der Waals surface area contributed by atoms with Crippen LogP contribution in [0.15, 0.2) is 34.4 Å². The molecule has 0 aliphatic carbocycles. The van der Waals surface area contributed by atoms with E-state index in [9.17, 15) is 9.59 Å². The van der Waals surface area contributed by atoms with Gasteiger partial charge in [-0.25, -0.2) is 4.79 Å². The Kier molecular flexibility index (Phi) is 3.62. The number of nitrogens with one attached hydrogen (secondary N) is 1. The fraction of sp³-hybridized carbons (Fsp3) is 0.231. The highest BCUT2D eigenvalue weighted by atomic mass is 32.1. The zero-order valence-corrected chi connectivity index (χ0v) is 11.0. The maximum atomic E-state index is 11.8. The molecule has 0 saturated heterocycles. The minimum Gasteiger partial charge on any atom is -0.462 e. The molecule has 0 spiro atoms. The summed E-state index contributed by atoms with van der Waals surface area (Å²) in [5, 5.41) is 4.56. The molecule has 1 amide bonds. The van der Waals surface area contributed by atoms with E-state index in [0.29, 0.717) is 16.8 Å². The Morgan fingerprint density at radius 3 is 2.94 bits per heavy atom. The van der Waals surface area contributed by atoms with Crippen LogP contribution in [-0.4, -0.2) is 18.5 Å². The molecule has 0 radical (unpaired) electrons. The highest BCUT2D eigenvalue weighted by Crippen LogP contribution is 2.26. The predicted molar refractivity (Wildman–Crippen MR) is 69.8 cm³/mol. The van der Waals surface area contributed by atoms with Gasteiger partial charge in [-0.1, -0.05) is 6.07 Å². The molecule has 1 aromatic rings. The molecule has 2 heterocycles. The summed E-state index contributed by atoms with van der Waals surface area (Å²) in [7, 11) is 0. The topological polar surface area (TPSA) is 55.4 Å². The number of esters is 1. The van der Waals surface area contributed by atoms with Crippen LogP contribution in [0.2, 0.25) is 0 Å². The largest absolute Gasteiger partial charge is 0.462 e. The quantitative estimate of drug-likeness (QED) is 0.671. The highest BCUT2D eigenvalue weighted by molar-refractivity contribution is 7.10. The molecule has 0 bridgehead atoms. The van der Waals surface area contributed by atoms with Crippen molar-refractivity contribution in [3.8, 4) is 0 Å². The van der Waals surface area contributed by atoms with Crippen molar-refractivity contribution in [3.05, 3.63) is 39.2 Å². The minimum atomic E-state index is -0.462. The van der Waals surface area contributed by atoms with E-state index < -0.39 is 5.97 Å². The van der Waals surface area contributed by atoms with E-state index in [4.69, 9.17) is 4.74 Å². The van der Waals surface area contributed by atoms with Crippen LogP contribution >= 0.6 is 11.3 Å². The van der Waals surface area contributed by atoms with Gasteiger partial charge in [0.05, 0.1) is 17.8 Å². The second kappa shape index (κ2) is 5.18. The van der Waals surface area contributed by atoms with Crippen LogP contribution in [-0.2, 0) is 14.3 Å². The Morgan fingerprint density at radius 1 is 1.56 bits per heavy atom. The van der Waals surface area contributed by atoms with Gasteiger partial charge < -0.3 is 10.1 Å². The van der Waals surface area contributed by atoms with Gasteiger partial charge in [-0.2, -0.15) is 0 Å². The van der Waals surface area contributed by atoms with Crippen molar-refractivity contribution in [1.82, 2.24) is 5.32 Å². The van der Waals surface area contributed by atoms with Crippen molar-refractivity contribution in [1.29, 1.82) is 0 Å². The van der Waals surface area contributed by atoms with E-state index in [1.807, 2.05) is 17.5 Å². The highest BCUT2D eigenvalue weighted by Gasteiger charge is 2.30. The lowest BCUT2D eigenvalue weighted by Crippen LogP contribution is -2.15. The minimum absolute atomic E-state index is 0.260. The summed E-state index contributed by atoms with van der Waals surface area (Å²) in [4.78, 5) is 24.6. The lowest BCUT2D eigenvalue weighted by molar-refractivity contribution is -0.138. The number of allylic oxidation sites excluding steroid dienone is 1. The Bertz CT molecular complexity index is 541. The summed E-state index contributed by atoms with van der Waals surface area (Å²) < 4.78 is 4.97. The summed E-state index contributed by atoms with van der Waals surface area (Å²) in [5.41, 5.74) is 1.24. The zero-order valence-electron chi connectivity index (χ0n) is 10.1. The summed E-state index contributed by atoms with van der Waals surface area (Å²) in [6.07, 6.45) is 1.71. The van der Waals surface area contributed by atoms with E-state index in [-0.39, 0.29) is 12.5 Å². The fourth-order valence-electron chi connectivity index (χ4n) is 1.74. The van der Waals surface area contributed by atoms with E-state index >= 15 is 0 Å². The zero-order chi connectivity index (χ0) is 13.1. The first-order chi connectivity index (χ1) is 8.63. The maximum Gasteiger partial charge on any atom is 0.340 e. The van der Waals surface area contributed by atoms with Crippen LogP contribution in [0.25, 0.3) is 6.08 Å². The molecule has 0 saturated carbocycles. The van der Waals surface area contributed by atoms with Crippen LogP contribution in [0.3, 0.4) is 0 Å². The van der Waals surface area contributed by atoms with E-state index in [2.05, 4.69) is 5.32 Å². The fourth-order valence-corrected chi connectivity index (χ4v) is 2.39. The average molecular weight is 263 g/mol. The number of ether oxygens (including phenoxy) is 1. The molecule has 5 heteroatoms. The molecule has 0 unspecified atom stereocenters. The molecular weight excluding hydrogens is 250 g/mol. The molecule has 18 heavy (non-hydrogen) atoms.